The van der Waals surface area contributed by atoms with E-state index in [-0.39, 0.29) is 5.82 Å². The normalized spacial score (nSPS) is 20.0. The van der Waals surface area contributed by atoms with Gasteiger partial charge in [0.1, 0.15) is 5.82 Å². The van der Waals surface area contributed by atoms with Gasteiger partial charge in [-0.1, -0.05) is 6.07 Å². The zero-order valence-electron chi connectivity index (χ0n) is 9.01. The number of para-hydroxylation sites is 1. The van der Waals surface area contributed by atoms with Gasteiger partial charge in [0, 0.05) is 17.6 Å². The van der Waals surface area contributed by atoms with Gasteiger partial charge in [0.15, 0.2) is 0 Å². The predicted molar refractivity (Wildman–Crippen MR) is 66.2 cm³/mol. The van der Waals surface area contributed by atoms with Gasteiger partial charge in [-0.2, -0.15) is 0 Å². The van der Waals surface area contributed by atoms with Crippen LogP contribution in [0.25, 0.3) is 0 Å². The van der Waals surface area contributed by atoms with Crippen LogP contribution in [0.15, 0.2) is 22.7 Å². The molecule has 1 fully saturated rings. The fourth-order valence-corrected chi connectivity index (χ4v) is 2.38. The smallest absolute Gasteiger partial charge is 0.147 e. The number of ether oxygens (including phenoxy) is 1. The van der Waals surface area contributed by atoms with Gasteiger partial charge in [0.2, 0.25) is 0 Å². The van der Waals surface area contributed by atoms with E-state index in [4.69, 9.17) is 4.74 Å². The Morgan fingerprint density at radius 2 is 2.38 bits per heavy atom. The molecule has 16 heavy (non-hydrogen) atoms. The maximum Gasteiger partial charge on any atom is 0.147 e. The lowest BCUT2D eigenvalue weighted by Gasteiger charge is -2.12. The van der Waals surface area contributed by atoms with Crippen molar-refractivity contribution in [2.24, 2.45) is 0 Å². The summed E-state index contributed by atoms with van der Waals surface area (Å²) < 4.78 is 19.7. The minimum absolute atomic E-state index is 0.221. The van der Waals surface area contributed by atoms with Crippen LogP contribution in [0, 0.1) is 5.82 Å². The highest BCUT2D eigenvalue weighted by molar-refractivity contribution is 9.10. The van der Waals surface area contributed by atoms with Crippen molar-refractivity contribution < 1.29 is 9.13 Å². The van der Waals surface area contributed by atoms with Gasteiger partial charge in [-0.25, -0.2) is 4.39 Å². The second kappa shape index (κ2) is 5.64. The molecule has 4 heteroatoms. The van der Waals surface area contributed by atoms with E-state index < -0.39 is 0 Å². The van der Waals surface area contributed by atoms with E-state index in [1.165, 1.54) is 6.07 Å². The number of hydrogen-bond donors (Lipinski definition) is 1. The summed E-state index contributed by atoms with van der Waals surface area (Å²) in [5, 5.41) is 3.11. The molecule has 0 aliphatic carbocycles. The van der Waals surface area contributed by atoms with Crippen molar-refractivity contribution in [2.75, 3.05) is 18.5 Å². The van der Waals surface area contributed by atoms with E-state index in [0.717, 1.165) is 36.9 Å². The molecular weight excluding hydrogens is 273 g/mol. The van der Waals surface area contributed by atoms with E-state index in [1.807, 2.05) is 6.07 Å². The van der Waals surface area contributed by atoms with Crippen LogP contribution in [-0.4, -0.2) is 19.3 Å². The van der Waals surface area contributed by atoms with Crippen LogP contribution in [0.5, 0.6) is 0 Å². The fourth-order valence-electron chi connectivity index (χ4n) is 1.90. The predicted octanol–water partition coefficient (Wildman–Crippen LogP) is 3.57. The Balaban J connectivity index is 1.84. The summed E-state index contributed by atoms with van der Waals surface area (Å²) >= 11 is 3.33. The summed E-state index contributed by atoms with van der Waals surface area (Å²) in [5.74, 6) is -0.221. The van der Waals surface area contributed by atoms with Crippen molar-refractivity contribution in [3.63, 3.8) is 0 Å². The molecule has 1 aromatic carbocycles. The average molecular weight is 288 g/mol. The van der Waals surface area contributed by atoms with E-state index in [9.17, 15) is 4.39 Å². The first kappa shape index (κ1) is 11.9. The molecule has 0 aromatic heterocycles. The summed E-state index contributed by atoms with van der Waals surface area (Å²) in [5.41, 5.74) is 0.542. The Labute approximate surface area is 103 Å². The summed E-state index contributed by atoms with van der Waals surface area (Å²) in [7, 11) is 0. The molecule has 0 bridgehead atoms. The molecular formula is C12H15BrFNO. The van der Waals surface area contributed by atoms with Crippen molar-refractivity contribution in [3.8, 4) is 0 Å². The number of halogens is 2. The zero-order valence-corrected chi connectivity index (χ0v) is 10.6. The van der Waals surface area contributed by atoms with Gasteiger partial charge in [-0.15, -0.1) is 0 Å². The second-order valence-electron chi connectivity index (χ2n) is 3.95. The van der Waals surface area contributed by atoms with Crippen LogP contribution in [0.4, 0.5) is 10.1 Å². The van der Waals surface area contributed by atoms with Gasteiger partial charge in [0.25, 0.3) is 0 Å². The summed E-state index contributed by atoms with van der Waals surface area (Å²) in [6, 6.07) is 4.97. The lowest BCUT2D eigenvalue weighted by molar-refractivity contribution is 0.107. The first-order valence-electron chi connectivity index (χ1n) is 5.57. The minimum atomic E-state index is -0.221. The zero-order chi connectivity index (χ0) is 11.4. The van der Waals surface area contributed by atoms with E-state index in [0.29, 0.717) is 11.8 Å². The fraction of sp³-hybridized carbons (Fsp3) is 0.500. The second-order valence-corrected chi connectivity index (χ2v) is 4.80. The van der Waals surface area contributed by atoms with Crippen LogP contribution >= 0.6 is 15.9 Å². The highest BCUT2D eigenvalue weighted by Gasteiger charge is 2.15. The molecule has 1 unspecified atom stereocenters. The van der Waals surface area contributed by atoms with Gasteiger partial charge in [-0.05, 0) is 47.3 Å². The molecule has 0 saturated carbocycles. The molecule has 1 aromatic rings. The van der Waals surface area contributed by atoms with E-state index >= 15 is 0 Å². The number of anilines is 1. The minimum Gasteiger partial charge on any atom is -0.382 e. The molecule has 1 aliphatic heterocycles. The topological polar surface area (TPSA) is 21.3 Å². The van der Waals surface area contributed by atoms with Crippen LogP contribution in [0.2, 0.25) is 0 Å². The van der Waals surface area contributed by atoms with Gasteiger partial charge < -0.3 is 10.1 Å². The maximum absolute atomic E-state index is 13.4. The maximum atomic E-state index is 13.4. The Hall–Kier alpha value is -0.610. The molecule has 2 rings (SSSR count). The highest BCUT2D eigenvalue weighted by Crippen LogP contribution is 2.25. The molecule has 0 radical (unpaired) electrons. The van der Waals surface area contributed by atoms with Crippen LogP contribution in [-0.2, 0) is 4.74 Å². The third-order valence-electron chi connectivity index (χ3n) is 2.75. The first-order chi connectivity index (χ1) is 7.77. The number of hydrogen-bond acceptors (Lipinski definition) is 2. The van der Waals surface area contributed by atoms with Gasteiger partial charge in [0.05, 0.1) is 11.8 Å². The Morgan fingerprint density at radius 3 is 3.06 bits per heavy atom. The molecule has 2 nitrogen and oxygen atoms in total. The molecule has 1 atom stereocenters. The molecule has 88 valence electrons. The molecule has 0 amide bonds. The average Bonchev–Trinajstić information content (AvgIpc) is 2.75. The largest absolute Gasteiger partial charge is 0.382 e. The third-order valence-corrected chi connectivity index (χ3v) is 3.42. The van der Waals surface area contributed by atoms with Crippen LogP contribution in [0.1, 0.15) is 19.3 Å². The molecule has 1 saturated heterocycles. The quantitative estimate of drug-likeness (QED) is 0.914. The lowest BCUT2D eigenvalue weighted by atomic mass is 10.2. The monoisotopic (exact) mass is 287 g/mol. The molecule has 1 aliphatic rings. The molecule has 0 spiro atoms. The molecule has 1 N–H and O–H groups in total. The Bertz CT molecular complexity index is 333. The first-order valence-corrected chi connectivity index (χ1v) is 6.36. The number of nitrogens with one attached hydrogen (secondary N) is 1. The number of rotatable bonds is 4. The lowest BCUT2D eigenvalue weighted by Crippen LogP contribution is -2.13. The van der Waals surface area contributed by atoms with E-state index in [1.54, 1.807) is 6.07 Å². The van der Waals surface area contributed by atoms with Crippen molar-refractivity contribution in [1.82, 2.24) is 0 Å². The van der Waals surface area contributed by atoms with Crippen LogP contribution in [0.3, 0.4) is 0 Å². The SMILES string of the molecule is Fc1cccc(Br)c1NCCC1CCCO1. The van der Waals surface area contributed by atoms with Gasteiger partial charge >= 0.3 is 0 Å². The van der Waals surface area contributed by atoms with Crippen molar-refractivity contribution in [2.45, 2.75) is 25.4 Å². The van der Waals surface area contributed by atoms with Crippen molar-refractivity contribution >= 4 is 21.6 Å². The van der Waals surface area contributed by atoms with E-state index in [2.05, 4.69) is 21.2 Å². The Morgan fingerprint density at radius 1 is 1.50 bits per heavy atom. The third kappa shape index (κ3) is 2.95. The van der Waals surface area contributed by atoms with Crippen molar-refractivity contribution in [3.05, 3.63) is 28.5 Å². The highest BCUT2D eigenvalue weighted by atomic mass is 79.9. The van der Waals surface area contributed by atoms with Crippen molar-refractivity contribution in [1.29, 1.82) is 0 Å². The summed E-state index contributed by atoms with van der Waals surface area (Å²) in [6.45, 7) is 1.61. The number of benzene rings is 1. The van der Waals surface area contributed by atoms with Gasteiger partial charge in [-0.3, -0.25) is 0 Å². The molecule has 1 heterocycles. The summed E-state index contributed by atoms with van der Waals surface area (Å²) in [6.07, 6.45) is 3.55. The summed E-state index contributed by atoms with van der Waals surface area (Å²) in [4.78, 5) is 0. The van der Waals surface area contributed by atoms with Crippen LogP contribution < -0.4 is 5.32 Å². The standard InChI is InChI=1S/C12H15BrFNO/c13-10-4-1-5-11(14)12(10)15-7-6-9-3-2-8-16-9/h1,4-5,9,15H,2-3,6-8H2. The Kier molecular flexibility index (Phi) is 4.18.